The average Bonchev–Trinajstić information content (AvgIpc) is 3.47. The van der Waals surface area contributed by atoms with E-state index in [1.165, 1.54) is 19.3 Å². The maximum Gasteiger partial charge on any atom is 0.242 e. The molecule has 1 fully saturated rings. The molecule has 34 heavy (non-hydrogen) atoms. The summed E-state index contributed by atoms with van der Waals surface area (Å²) >= 11 is 3.59. The Bertz CT molecular complexity index is 1320. The normalized spacial score (nSPS) is 15.6. The molecule has 0 unspecified atom stereocenters. The number of nitrogens with one attached hydrogen (secondary N) is 2. The van der Waals surface area contributed by atoms with Crippen LogP contribution in [0.5, 0.6) is 0 Å². The van der Waals surface area contributed by atoms with E-state index in [9.17, 15) is 4.79 Å². The van der Waals surface area contributed by atoms with Crippen LogP contribution >= 0.6 is 15.9 Å². The first-order valence-corrected chi connectivity index (χ1v) is 12.4. The number of carbonyl (C=O) groups excluding carboxylic acids is 1. The molecular formula is C23H28BrN9O. The lowest BCUT2D eigenvalue weighted by atomic mass is 10.1. The zero-order valence-corrected chi connectivity index (χ0v) is 20.9. The summed E-state index contributed by atoms with van der Waals surface area (Å²) in [6, 6.07) is 5.34. The minimum Gasteiger partial charge on any atom is -0.353 e. The number of nitrogens with zero attached hydrogens (tertiary/aromatic N) is 7. The van der Waals surface area contributed by atoms with E-state index in [-0.39, 0.29) is 5.91 Å². The predicted octanol–water partition coefficient (Wildman–Crippen LogP) is 2.84. The van der Waals surface area contributed by atoms with Gasteiger partial charge in [0.15, 0.2) is 11.5 Å². The van der Waals surface area contributed by atoms with Crippen molar-refractivity contribution in [2.45, 2.75) is 32.2 Å². The van der Waals surface area contributed by atoms with Crippen molar-refractivity contribution in [1.82, 2.24) is 39.6 Å². The van der Waals surface area contributed by atoms with Gasteiger partial charge in [-0.15, -0.1) is 5.10 Å². The highest BCUT2D eigenvalue weighted by molar-refractivity contribution is 9.10. The van der Waals surface area contributed by atoms with Gasteiger partial charge >= 0.3 is 0 Å². The molecule has 0 spiro atoms. The fraction of sp³-hybridized carbons (Fsp3) is 0.435. The van der Waals surface area contributed by atoms with Crippen molar-refractivity contribution in [3.63, 3.8) is 0 Å². The third kappa shape index (κ3) is 4.62. The topological polar surface area (TPSA) is 105 Å². The number of rotatable bonds is 7. The molecule has 0 radical (unpaired) electrons. The van der Waals surface area contributed by atoms with Gasteiger partial charge in [-0.3, -0.25) is 9.48 Å². The Morgan fingerprint density at radius 2 is 2.03 bits per heavy atom. The molecule has 1 aliphatic rings. The Morgan fingerprint density at radius 1 is 1.21 bits per heavy atom. The molecule has 5 rings (SSSR count). The molecule has 0 bridgehead atoms. The van der Waals surface area contributed by atoms with E-state index >= 15 is 0 Å². The minimum absolute atomic E-state index is 0.0771. The minimum atomic E-state index is -0.497. The third-order valence-corrected chi connectivity index (χ3v) is 6.77. The molecule has 4 heterocycles. The van der Waals surface area contributed by atoms with Crippen LogP contribution in [0.25, 0.3) is 27.9 Å². The zero-order valence-electron chi connectivity index (χ0n) is 19.3. The number of amides is 1. The molecule has 1 atom stereocenters. The summed E-state index contributed by atoms with van der Waals surface area (Å²) in [4.78, 5) is 24.8. The lowest BCUT2D eigenvalue weighted by molar-refractivity contribution is -0.121. The number of fused-ring (bicyclic) bond motifs is 3. The Morgan fingerprint density at radius 3 is 2.79 bits per heavy atom. The molecule has 3 aromatic heterocycles. The largest absolute Gasteiger partial charge is 0.353 e. The number of hydrogen-bond donors (Lipinski definition) is 2. The average molecular weight is 526 g/mol. The zero-order chi connectivity index (χ0) is 23.7. The Balaban J connectivity index is 1.40. The van der Waals surface area contributed by atoms with Crippen LogP contribution in [-0.4, -0.2) is 72.4 Å². The van der Waals surface area contributed by atoms with E-state index in [1.54, 1.807) is 15.4 Å². The Labute approximate surface area is 205 Å². The van der Waals surface area contributed by atoms with E-state index in [0.717, 1.165) is 40.6 Å². The van der Waals surface area contributed by atoms with Gasteiger partial charge in [0.2, 0.25) is 11.9 Å². The number of piperidine rings is 1. The van der Waals surface area contributed by atoms with E-state index in [4.69, 9.17) is 9.97 Å². The fourth-order valence-corrected chi connectivity index (χ4v) is 4.74. The number of aromatic nitrogens is 6. The summed E-state index contributed by atoms with van der Waals surface area (Å²) in [6.07, 6.45) is 7.38. The molecule has 1 aliphatic heterocycles. The maximum absolute atomic E-state index is 12.8. The van der Waals surface area contributed by atoms with E-state index in [0.29, 0.717) is 24.0 Å². The quantitative estimate of drug-likeness (QED) is 0.382. The lowest BCUT2D eigenvalue weighted by Crippen LogP contribution is -2.42. The first kappa shape index (κ1) is 22.7. The van der Waals surface area contributed by atoms with Gasteiger partial charge in [0.1, 0.15) is 6.04 Å². The second-order valence-electron chi connectivity index (χ2n) is 8.70. The molecule has 10 nitrogen and oxygen atoms in total. The van der Waals surface area contributed by atoms with Gasteiger partial charge in [-0.2, -0.15) is 9.61 Å². The van der Waals surface area contributed by atoms with Crippen molar-refractivity contribution >= 4 is 44.3 Å². The van der Waals surface area contributed by atoms with Gasteiger partial charge in [0.05, 0.1) is 17.3 Å². The monoisotopic (exact) mass is 525 g/mol. The molecule has 0 aliphatic carbocycles. The molecule has 11 heteroatoms. The van der Waals surface area contributed by atoms with Crippen LogP contribution in [0.4, 0.5) is 5.95 Å². The third-order valence-electron chi connectivity index (χ3n) is 6.13. The number of likely N-dealkylation sites (tertiary alicyclic amines) is 1. The van der Waals surface area contributed by atoms with Crippen LogP contribution in [0.3, 0.4) is 0 Å². The van der Waals surface area contributed by atoms with Gasteiger partial charge in [-0.1, -0.05) is 12.5 Å². The number of carbonyl (C=O) groups is 1. The Hall–Kier alpha value is -3.05. The number of hydrogen-bond acceptors (Lipinski definition) is 7. The highest BCUT2D eigenvalue weighted by atomic mass is 79.9. The molecule has 2 N–H and O–H groups in total. The molecule has 1 saturated heterocycles. The van der Waals surface area contributed by atoms with Crippen LogP contribution in [0.2, 0.25) is 0 Å². The first-order valence-electron chi connectivity index (χ1n) is 11.6. The van der Waals surface area contributed by atoms with Crippen molar-refractivity contribution in [1.29, 1.82) is 0 Å². The lowest BCUT2D eigenvalue weighted by Gasteiger charge is -2.26. The Kier molecular flexibility index (Phi) is 6.46. The second kappa shape index (κ2) is 9.67. The van der Waals surface area contributed by atoms with Gasteiger partial charge in [-0.25, -0.2) is 9.97 Å². The summed E-state index contributed by atoms with van der Waals surface area (Å²) < 4.78 is 4.22. The fourth-order valence-electron chi connectivity index (χ4n) is 4.28. The number of anilines is 1. The van der Waals surface area contributed by atoms with Crippen molar-refractivity contribution < 1.29 is 4.79 Å². The maximum atomic E-state index is 12.8. The SMILES string of the molecule is C[C@@H](Nc1nc2c(Br)cccc2c2nc(-c3cnn(C)c3)nn12)C(=O)NCCN1CCCCC1. The highest BCUT2D eigenvalue weighted by Gasteiger charge is 2.20. The molecular weight excluding hydrogens is 498 g/mol. The number of para-hydroxylation sites is 1. The van der Waals surface area contributed by atoms with Crippen LogP contribution < -0.4 is 10.6 Å². The molecule has 1 aromatic carbocycles. The summed E-state index contributed by atoms with van der Waals surface area (Å²) in [5, 5.41) is 16.1. The number of benzene rings is 1. The predicted molar refractivity (Wildman–Crippen MR) is 135 cm³/mol. The van der Waals surface area contributed by atoms with E-state index < -0.39 is 6.04 Å². The van der Waals surface area contributed by atoms with Crippen LogP contribution in [0, 0.1) is 0 Å². The van der Waals surface area contributed by atoms with Crippen molar-refractivity contribution in [3.05, 3.63) is 35.1 Å². The summed E-state index contributed by atoms with van der Waals surface area (Å²) in [7, 11) is 1.85. The van der Waals surface area contributed by atoms with Crippen molar-refractivity contribution in [3.8, 4) is 11.4 Å². The van der Waals surface area contributed by atoms with E-state index in [1.807, 2.05) is 38.4 Å². The van der Waals surface area contributed by atoms with Crippen LogP contribution in [0.15, 0.2) is 35.1 Å². The molecule has 4 aromatic rings. The first-order chi connectivity index (χ1) is 16.5. The molecule has 1 amide bonds. The van der Waals surface area contributed by atoms with Gasteiger partial charge in [0.25, 0.3) is 0 Å². The summed E-state index contributed by atoms with van der Waals surface area (Å²) in [6.45, 7) is 5.56. The van der Waals surface area contributed by atoms with Gasteiger partial charge < -0.3 is 15.5 Å². The molecule has 178 valence electrons. The van der Waals surface area contributed by atoms with E-state index in [2.05, 4.69) is 41.7 Å². The summed E-state index contributed by atoms with van der Waals surface area (Å²) in [5.74, 6) is 0.923. The number of halogens is 1. The van der Waals surface area contributed by atoms with Gasteiger partial charge in [-0.05, 0) is 60.9 Å². The standard InChI is InChI=1S/C23H28BrN9O/c1-15(22(34)25-9-12-32-10-4-3-5-11-32)27-23-28-19-17(7-6-8-18(19)24)21-29-20(30-33(21)23)16-13-26-31(2)14-16/h6-8,13-15H,3-5,9-12H2,1-2H3,(H,25,34)(H,27,28)/t15-/m1/s1. The highest BCUT2D eigenvalue weighted by Crippen LogP contribution is 2.28. The summed E-state index contributed by atoms with van der Waals surface area (Å²) in [5.41, 5.74) is 2.22. The smallest absolute Gasteiger partial charge is 0.242 e. The van der Waals surface area contributed by atoms with Gasteiger partial charge in [0, 0.05) is 36.2 Å². The van der Waals surface area contributed by atoms with Crippen molar-refractivity contribution in [2.75, 3.05) is 31.5 Å². The van der Waals surface area contributed by atoms with Crippen LogP contribution in [-0.2, 0) is 11.8 Å². The van der Waals surface area contributed by atoms with Crippen LogP contribution in [0.1, 0.15) is 26.2 Å². The second-order valence-corrected chi connectivity index (χ2v) is 9.56. The van der Waals surface area contributed by atoms with Crippen molar-refractivity contribution in [2.24, 2.45) is 7.05 Å². The number of aryl methyl sites for hydroxylation is 1. The molecule has 0 saturated carbocycles.